The van der Waals surface area contributed by atoms with Crippen molar-refractivity contribution in [1.82, 2.24) is 0 Å². The minimum absolute atomic E-state index is 0.179. The molecule has 6 nitrogen and oxygen atoms in total. The SMILES string of the molecule is COCCOCCOC1CCCCC1OCCOCCOC. The third kappa shape index (κ3) is 9.71. The standard InChI is InChI=1S/C16H32O6/c1-17-7-9-19-11-13-21-15-5-3-4-6-16(15)22-14-12-20-10-8-18-2/h15-16H,3-14H2,1-2H3. The maximum Gasteiger partial charge on any atom is 0.0837 e. The van der Waals surface area contributed by atoms with Gasteiger partial charge in [-0.15, -0.1) is 0 Å². The molecule has 22 heavy (non-hydrogen) atoms. The minimum atomic E-state index is 0.179. The van der Waals surface area contributed by atoms with Crippen molar-refractivity contribution in [2.75, 3.05) is 67.1 Å². The van der Waals surface area contributed by atoms with Crippen molar-refractivity contribution in [2.45, 2.75) is 37.9 Å². The molecule has 6 heteroatoms. The number of hydrogen-bond acceptors (Lipinski definition) is 6. The summed E-state index contributed by atoms with van der Waals surface area (Å²) in [6, 6.07) is 0. The minimum Gasteiger partial charge on any atom is -0.382 e. The smallest absolute Gasteiger partial charge is 0.0837 e. The van der Waals surface area contributed by atoms with Gasteiger partial charge in [-0.05, 0) is 12.8 Å². The predicted molar refractivity (Wildman–Crippen MR) is 83.3 cm³/mol. The summed E-state index contributed by atoms with van der Waals surface area (Å²) in [5, 5.41) is 0. The summed E-state index contributed by atoms with van der Waals surface area (Å²) < 4.78 is 32.5. The molecule has 0 radical (unpaired) electrons. The molecule has 0 saturated heterocycles. The fraction of sp³-hybridized carbons (Fsp3) is 1.00. The maximum absolute atomic E-state index is 5.92. The van der Waals surface area contributed by atoms with Gasteiger partial charge in [0, 0.05) is 14.2 Å². The largest absolute Gasteiger partial charge is 0.382 e. The Morgan fingerprint density at radius 2 is 1.00 bits per heavy atom. The first-order valence-corrected chi connectivity index (χ1v) is 8.25. The third-order valence-corrected chi connectivity index (χ3v) is 3.62. The highest BCUT2D eigenvalue weighted by molar-refractivity contribution is 4.76. The van der Waals surface area contributed by atoms with Gasteiger partial charge in [0.1, 0.15) is 0 Å². The van der Waals surface area contributed by atoms with E-state index in [1.807, 2.05) is 0 Å². The molecule has 1 rings (SSSR count). The Labute approximate surface area is 134 Å². The molecule has 2 unspecified atom stereocenters. The average Bonchev–Trinajstić information content (AvgIpc) is 2.55. The lowest BCUT2D eigenvalue weighted by atomic mass is 9.94. The normalized spacial score (nSPS) is 22.1. The second-order valence-electron chi connectivity index (χ2n) is 5.31. The first kappa shape index (κ1) is 19.8. The highest BCUT2D eigenvalue weighted by Gasteiger charge is 2.26. The fourth-order valence-corrected chi connectivity index (χ4v) is 2.45. The average molecular weight is 320 g/mol. The molecule has 0 aromatic rings. The molecule has 132 valence electrons. The summed E-state index contributed by atoms with van der Waals surface area (Å²) >= 11 is 0. The molecule has 2 atom stereocenters. The van der Waals surface area contributed by atoms with Crippen LogP contribution in [0.4, 0.5) is 0 Å². The van der Waals surface area contributed by atoms with E-state index in [9.17, 15) is 0 Å². The molecule has 0 bridgehead atoms. The number of ether oxygens (including phenoxy) is 6. The van der Waals surface area contributed by atoms with Crippen LogP contribution in [0, 0.1) is 0 Å². The van der Waals surface area contributed by atoms with E-state index >= 15 is 0 Å². The Balaban J connectivity index is 2.06. The summed E-state index contributed by atoms with van der Waals surface area (Å²) in [5.41, 5.74) is 0. The van der Waals surface area contributed by atoms with Crippen molar-refractivity contribution in [3.05, 3.63) is 0 Å². The van der Waals surface area contributed by atoms with Crippen molar-refractivity contribution in [2.24, 2.45) is 0 Å². The van der Waals surface area contributed by atoms with E-state index in [2.05, 4.69) is 0 Å². The lowest BCUT2D eigenvalue weighted by Crippen LogP contribution is -2.36. The highest BCUT2D eigenvalue weighted by Crippen LogP contribution is 2.23. The van der Waals surface area contributed by atoms with Gasteiger partial charge in [0.2, 0.25) is 0 Å². The van der Waals surface area contributed by atoms with Gasteiger partial charge in [-0.2, -0.15) is 0 Å². The first-order chi connectivity index (χ1) is 10.9. The molecule has 1 aliphatic rings. The fourth-order valence-electron chi connectivity index (χ4n) is 2.45. The Hall–Kier alpha value is -0.240. The topological polar surface area (TPSA) is 55.4 Å². The van der Waals surface area contributed by atoms with Crippen LogP contribution < -0.4 is 0 Å². The van der Waals surface area contributed by atoms with Crippen LogP contribution in [0.2, 0.25) is 0 Å². The van der Waals surface area contributed by atoms with Gasteiger partial charge in [-0.25, -0.2) is 0 Å². The molecule has 1 saturated carbocycles. The quantitative estimate of drug-likeness (QED) is 0.454. The van der Waals surface area contributed by atoms with Crippen molar-refractivity contribution in [1.29, 1.82) is 0 Å². The molecule has 1 fully saturated rings. The summed E-state index contributed by atoms with van der Waals surface area (Å²) in [6.07, 6.45) is 4.90. The Bertz CT molecular complexity index is 215. The second-order valence-corrected chi connectivity index (χ2v) is 5.31. The lowest BCUT2D eigenvalue weighted by molar-refractivity contribution is -0.111. The van der Waals surface area contributed by atoms with E-state index < -0.39 is 0 Å². The predicted octanol–water partition coefficient (Wildman–Crippen LogP) is 1.66. The molecule has 1 aliphatic carbocycles. The van der Waals surface area contributed by atoms with Gasteiger partial charge >= 0.3 is 0 Å². The van der Waals surface area contributed by atoms with Crippen LogP contribution in [0.3, 0.4) is 0 Å². The molecule has 0 spiro atoms. The molecule has 0 aromatic heterocycles. The zero-order valence-electron chi connectivity index (χ0n) is 14.1. The van der Waals surface area contributed by atoms with Crippen molar-refractivity contribution in [3.63, 3.8) is 0 Å². The Kier molecular flexibility index (Phi) is 12.9. The van der Waals surface area contributed by atoms with Crippen LogP contribution in [-0.4, -0.2) is 79.3 Å². The van der Waals surface area contributed by atoms with Crippen LogP contribution in [0.25, 0.3) is 0 Å². The lowest BCUT2D eigenvalue weighted by Gasteiger charge is -2.31. The second kappa shape index (κ2) is 14.4. The van der Waals surface area contributed by atoms with Gasteiger partial charge in [0.15, 0.2) is 0 Å². The number of rotatable bonds is 14. The van der Waals surface area contributed by atoms with E-state index in [0.717, 1.165) is 12.8 Å². The van der Waals surface area contributed by atoms with Gasteiger partial charge in [0.05, 0.1) is 65.1 Å². The van der Waals surface area contributed by atoms with Gasteiger partial charge in [-0.1, -0.05) is 12.8 Å². The van der Waals surface area contributed by atoms with Gasteiger partial charge in [0.25, 0.3) is 0 Å². The molecule has 0 amide bonds. The van der Waals surface area contributed by atoms with Crippen LogP contribution in [0.15, 0.2) is 0 Å². The van der Waals surface area contributed by atoms with E-state index in [1.54, 1.807) is 14.2 Å². The molecule has 0 aliphatic heterocycles. The highest BCUT2D eigenvalue weighted by atomic mass is 16.6. The number of methoxy groups -OCH3 is 2. The van der Waals surface area contributed by atoms with Crippen LogP contribution in [-0.2, 0) is 28.4 Å². The maximum atomic E-state index is 5.92. The number of hydrogen-bond donors (Lipinski definition) is 0. The van der Waals surface area contributed by atoms with E-state index in [1.165, 1.54) is 12.8 Å². The molecule has 0 aromatic carbocycles. The van der Waals surface area contributed by atoms with Crippen LogP contribution in [0.5, 0.6) is 0 Å². The van der Waals surface area contributed by atoms with Crippen molar-refractivity contribution >= 4 is 0 Å². The van der Waals surface area contributed by atoms with E-state index in [-0.39, 0.29) is 12.2 Å². The van der Waals surface area contributed by atoms with E-state index in [0.29, 0.717) is 52.9 Å². The summed E-state index contributed by atoms with van der Waals surface area (Å²) in [4.78, 5) is 0. The summed E-state index contributed by atoms with van der Waals surface area (Å²) in [5.74, 6) is 0. The van der Waals surface area contributed by atoms with Crippen LogP contribution >= 0.6 is 0 Å². The van der Waals surface area contributed by atoms with Gasteiger partial charge < -0.3 is 28.4 Å². The molecule has 0 N–H and O–H groups in total. The molecule has 0 heterocycles. The summed E-state index contributed by atoms with van der Waals surface area (Å²) in [6.45, 7) is 4.90. The van der Waals surface area contributed by atoms with Crippen molar-refractivity contribution < 1.29 is 28.4 Å². The Morgan fingerprint density at radius 3 is 1.41 bits per heavy atom. The third-order valence-electron chi connectivity index (χ3n) is 3.62. The van der Waals surface area contributed by atoms with E-state index in [4.69, 9.17) is 28.4 Å². The zero-order chi connectivity index (χ0) is 15.9. The van der Waals surface area contributed by atoms with Gasteiger partial charge in [-0.3, -0.25) is 0 Å². The summed E-state index contributed by atoms with van der Waals surface area (Å²) in [7, 11) is 3.34. The van der Waals surface area contributed by atoms with Crippen molar-refractivity contribution in [3.8, 4) is 0 Å². The first-order valence-electron chi connectivity index (χ1n) is 8.25. The monoisotopic (exact) mass is 320 g/mol. The molecular formula is C16H32O6. The Morgan fingerprint density at radius 1 is 0.591 bits per heavy atom. The molecular weight excluding hydrogens is 288 g/mol. The zero-order valence-corrected chi connectivity index (χ0v) is 14.1. The van der Waals surface area contributed by atoms with Crippen LogP contribution in [0.1, 0.15) is 25.7 Å².